The third-order valence-corrected chi connectivity index (χ3v) is 5.93. The maximum absolute atomic E-state index is 13.3. The number of Topliss-reactive ketones (excluding diaryl/α,β-unsaturated/α-hetero) is 1. The lowest BCUT2D eigenvalue weighted by Gasteiger charge is -2.38. The van der Waals surface area contributed by atoms with E-state index in [1.807, 2.05) is 54.3 Å². The number of nitrogens with zero attached hydrogens (tertiary/aromatic N) is 2. The highest BCUT2D eigenvalue weighted by Gasteiger charge is 2.29. The molecular formula is C26H33N3O3. The van der Waals surface area contributed by atoms with E-state index >= 15 is 0 Å². The quantitative estimate of drug-likeness (QED) is 0.674. The zero-order valence-corrected chi connectivity index (χ0v) is 19.4. The summed E-state index contributed by atoms with van der Waals surface area (Å²) >= 11 is 0. The van der Waals surface area contributed by atoms with Gasteiger partial charge in [-0.25, -0.2) is 0 Å². The van der Waals surface area contributed by atoms with Crippen LogP contribution >= 0.6 is 0 Å². The zero-order chi connectivity index (χ0) is 23.3. The number of amides is 2. The first-order valence-corrected chi connectivity index (χ1v) is 11.3. The molecule has 0 aliphatic carbocycles. The molecule has 1 aliphatic heterocycles. The van der Waals surface area contributed by atoms with E-state index in [2.05, 4.69) is 24.1 Å². The summed E-state index contributed by atoms with van der Waals surface area (Å²) in [5.41, 5.74) is 3.25. The molecule has 32 heavy (non-hydrogen) atoms. The van der Waals surface area contributed by atoms with Crippen LogP contribution in [0.2, 0.25) is 0 Å². The molecule has 3 rings (SSSR count). The minimum absolute atomic E-state index is 0.0211. The predicted molar refractivity (Wildman–Crippen MR) is 127 cm³/mol. The maximum atomic E-state index is 13.3. The lowest BCUT2D eigenvalue weighted by Crippen LogP contribution is -2.55. The molecule has 1 N–H and O–H groups in total. The van der Waals surface area contributed by atoms with Crippen molar-refractivity contribution >= 4 is 23.3 Å². The van der Waals surface area contributed by atoms with Crippen molar-refractivity contribution in [3.8, 4) is 0 Å². The Labute approximate surface area is 190 Å². The number of hydrogen-bond donors (Lipinski definition) is 1. The zero-order valence-electron chi connectivity index (χ0n) is 19.4. The average molecular weight is 436 g/mol. The smallest absolute Gasteiger partial charge is 0.252 e. The van der Waals surface area contributed by atoms with Gasteiger partial charge in [0, 0.05) is 43.0 Å². The number of ketones is 1. The Bertz CT molecular complexity index is 961. The fourth-order valence-corrected chi connectivity index (χ4v) is 4.07. The third kappa shape index (κ3) is 5.75. The van der Waals surface area contributed by atoms with Gasteiger partial charge in [0.25, 0.3) is 5.91 Å². The van der Waals surface area contributed by atoms with Gasteiger partial charge in [0.1, 0.15) is 6.04 Å². The topological polar surface area (TPSA) is 69.7 Å². The Kier molecular flexibility index (Phi) is 7.67. The SMILES string of the molecule is CC(=O)c1ccc(N2CCN(C(=O)[C@@H](CC(C)C)NC(=O)c3ccccc3C)CC2)cc1. The first-order chi connectivity index (χ1) is 15.3. The van der Waals surface area contributed by atoms with Crippen molar-refractivity contribution in [1.29, 1.82) is 0 Å². The lowest BCUT2D eigenvalue weighted by molar-refractivity contribution is -0.134. The van der Waals surface area contributed by atoms with Crippen LogP contribution in [0.3, 0.4) is 0 Å². The second-order valence-corrected chi connectivity index (χ2v) is 8.89. The van der Waals surface area contributed by atoms with Crippen LogP contribution in [0.1, 0.15) is 53.5 Å². The molecule has 1 heterocycles. The lowest BCUT2D eigenvalue weighted by atomic mass is 10.0. The fraction of sp³-hybridized carbons (Fsp3) is 0.423. The molecule has 1 atom stereocenters. The number of piperazine rings is 1. The van der Waals surface area contributed by atoms with Crippen molar-refractivity contribution in [1.82, 2.24) is 10.2 Å². The van der Waals surface area contributed by atoms with Crippen molar-refractivity contribution in [3.05, 3.63) is 65.2 Å². The average Bonchev–Trinajstić information content (AvgIpc) is 2.78. The first kappa shape index (κ1) is 23.5. The van der Waals surface area contributed by atoms with Crippen LogP contribution in [0.4, 0.5) is 5.69 Å². The van der Waals surface area contributed by atoms with Gasteiger partial charge >= 0.3 is 0 Å². The molecule has 6 nitrogen and oxygen atoms in total. The summed E-state index contributed by atoms with van der Waals surface area (Å²) in [5, 5.41) is 2.99. The van der Waals surface area contributed by atoms with Gasteiger partial charge in [-0.1, -0.05) is 32.0 Å². The predicted octanol–water partition coefficient (Wildman–Crippen LogP) is 3.69. The normalized spacial score (nSPS) is 14.9. The van der Waals surface area contributed by atoms with E-state index in [1.54, 1.807) is 13.0 Å². The summed E-state index contributed by atoms with van der Waals surface area (Å²) in [6.45, 7) is 10.2. The van der Waals surface area contributed by atoms with Crippen molar-refractivity contribution in [2.45, 2.75) is 40.2 Å². The van der Waals surface area contributed by atoms with E-state index in [0.29, 0.717) is 43.7 Å². The summed E-state index contributed by atoms with van der Waals surface area (Å²) in [6, 6.07) is 14.5. The van der Waals surface area contributed by atoms with Gasteiger partial charge in [-0.2, -0.15) is 0 Å². The summed E-state index contributed by atoms with van der Waals surface area (Å²) in [5.74, 6) is 0.108. The van der Waals surface area contributed by atoms with Crippen LogP contribution in [0.15, 0.2) is 48.5 Å². The molecule has 0 saturated carbocycles. The molecule has 1 fully saturated rings. The molecule has 1 aliphatic rings. The highest BCUT2D eigenvalue weighted by Crippen LogP contribution is 2.19. The highest BCUT2D eigenvalue weighted by molar-refractivity contribution is 5.98. The molecule has 0 radical (unpaired) electrons. The van der Waals surface area contributed by atoms with Gasteiger partial charge in [-0.3, -0.25) is 14.4 Å². The number of anilines is 1. The standard InChI is InChI=1S/C26H33N3O3/c1-18(2)17-24(27-25(31)23-8-6-5-7-19(23)3)26(32)29-15-13-28(14-16-29)22-11-9-21(10-12-22)20(4)30/h5-12,18,24H,13-17H2,1-4H3,(H,27,31)/t24-/m1/s1. The van der Waals surface area contributed by atoms with Crippen LogP contribution in [0, 0.1) is 12.8 Å². The second-order valence-electron chi connectivity index (χ2n) is 8.89. The van der Waals surface area contributed by atoms with Gasteiger partial charge in [-0.15, -0.1) is 0 Å². The molecule has 0 aromatic heterocycles. The van der Waals surface area contributed by atoms with Crippen molar-refractivity contribution in [2.75, 3.05) is 31.1 Å². The number of rotatable bonds is 7. The van der Waals surface area contributed by atoms with Crippen LogP contribution in [-0.2, 0) is 4.79 Å². The molecule has 1 saturated heterocycles. The number of nitrogens with one attached hydrogen (secondary N) is 1. The molecule has 170 valence electrons. The minimum Gasteiger partial charge on any atom is -0.368 e. The van der Waals surface area contributed by atoms with Crippen molar-refractivity contribution in [3.63, 3.8) is 0 Å². The van der Waals surface area contributed by atoms with Gasteiger partial charge in [-0.05, 0) is 62.1 Å². The maximum Gasteiger partial charge on any atom is 0.252 e. The van der Waals surface area contributed by atoms with Crippen molar-refractivity contribution < 1.29 is 14.4 Å². The number of hydrogen-bond acceptors (Lipinski definition) is 4. The van der Waals surface area contributed by atoms with Crippen LogP contribution < -0.4 is 10.2 Å². The van der Waals surface area contributed by atoms with Gasteiger partial charge in [0.05, 0.1) is 0 Å². The Morgan fingerprint density at radius 2 is 1.56 bits per heavy atom. The molecule has 0 bridgehead atoms. The largest absolute Gasteiger partial charge is 0.368 e. The van der Waals surface area contributed by atoms with E-state index in [0.717, 1.165) is 11.3 Å². The third-order valence-electron chi connectivity index (χ3n) is 5.93. The Hall–Kier alpha value is -3.15. The minimum atomic E-state index is -0.538. The molecule has 0 unspecified atom stereocenters. The van der Waals surface area contributed by atoms with E-state index in [1.165, 1.54) is 0 Å². The van der Waals surface area contributed by atoms with Gasteiger partial charge in [0.15, 0.2) is 5.78 Å². The first-order valence-electron chi connectivity index (χ1n) is 11.3. The van der Waals surface area contributed by atoms with E-state index in [4.69, 9.17) is 0 Å². The van der Waals surface area contributed by atoms with Crippen molar-refractivity contribution in [2.24, 2.45) is 5.92 Å². The molecule has 2 aromatic rings. The Morgan fingerprint density at radius 3 is 2.12 bits per heavy atom. The molecule has 0 spiro atoms. The number of benzene rings is 2. The second kappa shape index (κ2) is 10.4. The molecule has 2 amide bonds. The molecular weight excluding hydrogens is 402 g/mol. The van der Waals surface area contributed by atoms with E-state index in [-0.39, 0.29) is 23.5 Å². The van der Waals surface area contributed by atoms with Gasteiger partial charge in [0.2, 0.25) is 5.91 Å². The fourth-order valence-electron chi connectivity index (χ4n) is 4.07. The number of carbonyl (C=O) groups excluding carboxylic acids is 3. The van der Waals surface area contributed by atoms with E-state index in [9.17, 15) is 14.4 Å². The van der Waals surface area contributed by atoms with Gasteiger partial charge < -0.3 is 15.1 Å². The molecule has 6 heteroatoms. The van der Waals surface area contributed by atoms with Crippen LogP contribution in [-0.4, -0.2) is 54.7 Å². The monoisotopic (exact) mass is 435 g/mol. The summed E-state index contributed by atoms with van der Waals surface area (Å²) < 4.78 is 0. The Morgan fingerprint density at radius 1 is 0.938 bits per heavy atom. The highest BCUT2D eigenvalue weighted by atomic mass is 16.2. The van der Waals surface area contributed by atoms with Crippen LogP contribution in [0.25, 0.3) is 0 Å². The number of aryl methyl sites for hydroxylation is 1. The summed E-state index contributed by atoms with van der Waals surface area (Å²) in [6.07, 6.45) is 0.600. The Balaban J connectivity index is 1.64. The molecule has 2 aromatic carbocycles. The van der Waals surface area contributed by atoms with E-state index < -0.39 is 6.04 Å². The number of carbonyl (C=O) groups is 3. The van der Waals surface area contributed by atoms with Crippen LogP contribution in [0.5, 0.6) is 0 Å². The summed E-state index contributed by atoms with van der Waals surface area (Å²) in [4.78, 5) is 41.7. The summed E-state index contributed by atoms with van der Waals surface area (Å²) in [7, 11) is 0.